The maximum atomic E-state index is 4.17. The fraction of sp³-hybridized carbons (Fsp3) is 0.300. The highest BCUT2D eigenvalue weighted by molar-refractivity contribution is 9.09. The molecule has 1 aromatic heterocycles. The van der Waals surface area contributed by atoms with Crippen molar-refractivity contribution in [3.8, 4) is 0 Å². The Kier molecular flexibility index (Phi) is 2.36. The quantitative estimate of drug-likeness (QED) is 0.802. The summed E-state index contributed by atoms with van der Waals surface area (Å²) in [6.45, 7) is 2.15. The number of aromatic nitrogens is 2. The zero-order chi connectivity index (χ0) is 9.26. The number of nitrogens with zero attached hydrogens (tertiary/aromatic N) is 1. The van der Waals surface area contributed by atoms with Crippen LogP contribution in [0.15, 0.2) is 24.5 Å². The number of nitrogens with one attached hydrogen (secondary N) is 1. The first-order chi connectivity index (χ1) is 6.25. The first-order valence-electron chi connectivity index (χ1n) is 4.32. The number of hydrogen-bond donors (Lipinski definition) is 1. The van der Waals surface area contributed by atoms with Gasteiger partial charge in [0.1, 0.15) is 0 Å². The van der Waals surface area contributed by atoms with Crippen LogP contribution in [0.2, 0.25) is 0 Å². The zero-order valence-corrected chi connectivity index (χ0v) is 9.01. The molecular weight excluding hydrogens is 228 g/mol. The third-order valence-corrected chi connectivity index (χ3v) is 2.33. The van der Waals surface area contributed by atoms with Gasteiger partial charge in [0.25, 0.3) is 0 Å². The van der Waals surface area contributed by atoms with E-state index in [4.69, 9.17) is 0 Å². The topological polar surface area (TPSA) is 28.7 Å². The lowest BCUT2D eigenvalue weighted by Crippen LogP contribution is -1.95. The Hall–Kier alpha value is -0.830. The largest absolute Gasteiger partial charge is 0.345 e. The van der Waals surface area contributed by atoms with E-state index in [1.165, 1.54) is 5.56 Å². The number of H-pyrrole nitrogens is 1. The molecule has 0 saturated heterocycles. The molecule has 1 atom stereocenters. The molecule has 0 bridgehead atoms. The number of halogens is 1. The summed E-state index contributed by atoms with van der Waals surface area (Å²) in [4.78, 5) is 7.80. The summed E-state index contributed by atoms with van der Waals surface area (Å²) in [5.41, 5.74) is 3.48. The van der Waals surface area contributed by atoms with E-state index in [1.807, 2.05) is 0 Å². The molecular formula is C10H11BrN2. The smallest absolute Gasteiger partial charge is 0.0931 e. The van der Waals surface area contributed by atoms with Crippen LogP contribution in [0.5, 0.6) is 0 Å². The van der Waals surface area contributed by atoms with Crippen LogP contribution in [0.1, 0.15) is 12.5 Å². The maximum Gasteiger partial charge on any atom is 0.0931 e. The Morgan fingerprint density at radius 2 is 2.38 bits per heavy atom. The van der Waals surface area contributed by atoms with Crippen molar-refractivity contribution in [3.63, 3.8) is 0 Å². The Balaban J connectivity index is 2.37. The van der Waals surface area contributed by atoms with Crippen molar-refractivity contribution in [2.75, 3.05) is 0 Å². The van der Waals surface area contributed by atoms with Crippen LogP contribution in [-0.2, 0) is 6.42 Å². The third-order valence-electron chi connectivity index (χ3n) is 2.00. The Morgan fingerprint density at radius 1 is 1.54 bits per heavy atom. The molecule has 0 spiro atoms. The fourth-order valence-electron chi connectivity index (χ4n) is 1.43. The minimum Gasteiger partial charge on any atom is -0.345 e. The van der Waals surface area contributed by atoms with E-state index >= 15 is 0 Å². The molecule has 1 aromatic carbocycles. The van der Waals surface area contributed by atoms with Crippen molar-refractivity contribution >= 4 is 27.0 Å². The molecule has 0 aliphatic heterocycles. The van der Waals surface area contributed by atoms with Gasteiger partial charge in [0.15, 0.2) is 0 Å². The van der Waals surface area contributed by atoms with Crippen molar-refractivity contribution in [3.05, 3.63) is 30.1 Å². The average Bonchev–Trinajstić information content (AvgIpc) is 2.49. The van der Waals surface area contributed by atoms with E-state index in [0.29, 0.717) is 4.83 Å². The lowest BCUT2D eigenvalue weighted by Gasteiger charge is -2.02. The molecule has 1 N–H and O–H groups in total. The lowest BCUT2D eigenvalue weighted by atomic mass is 10.1. The normalized spacial score (nSPS) is 13.4. The molecule has 1 unspecified atom stereocenters. The number of rotatable bonds is 2. The van der Waals surface area contributed by atoms with Crippen LogP contribution < -0.4 is 0 Å². The predicted octanol–water partition coefficient (Wildman–Crippen LogP) is 2.89. The molecule has 2 nitrogen and oxygen atoms in total. The second-order valence-electron chi connectivity index (χ2n) is 3.24. The summed E-state index contributed by atoms with van der Waals surface area (Å²) in [6.07, 6.45) is 2.78. The minimum atomic E-state index is 0.521. The van der Waals surface area contributed by atoms with Gasteiger partial charge < -0.3 is 4.98 Å². The predicted molar refractivity (Wildman–Crippen MR) is 58.2 cm³/mol. The lowest BCUT2D eigenvalue weighted by molar-refractivity contribution is 0.961. The highest BCUT2D eigenvalue weighted by Crippen LogP contribution is 2.15. The van der Waals surface area contributed by atoms with Gasteiger partial charge in [0.05, 0.1) is 17.4 Å². The van der Waals surface area contributed by atoms with Gasteiger partial charge >= 0.3 is 0 Å². The van der Waals surface area contributed by atoms with Gasteiger partial charge in [-0.15, -0.1) is 0 Å². The number of imidazole rings is 1. The highest BCUT2D eigenvalue weighted by atomic mass is 79.9. The van der Waals surface area contributed by atoms with E-state index in [0.717, 1.165) is 17.5 Å². The van der Waals surface area contributed by atoms with Crippen LogP contribution in [0.4, 0.5) is 0 Å². The summed E-state index contributed by atoms with van der Waals surface area (Å²) < 4.78 is 0. The van der Waals surface area contributed by atoms with Crippen LogP contribution in [0.3, 0.4) is 0 Å². The average molecular weight is 239 g/mol. The first-order valence-corrected chi connectivity index (χ1v) is 5.23. The molecule has 3 heteroatoms. The molecule has 13 heavy (non-hydrogen) atoms. The number of hydrogen-bond acceptors (Lipinski definition) is 1. The number of fused-ring (bicyclic) bond motifs is 1. The molecule has 0 radical (unpaired) electrons. The van der Waals surface area contributed by atoms with E-state index in [9.17, 15) is 0 Å². The molecule has 0 fully saturated rings. The molecule has 2 rings (SSSR count). The van der Waals surface area contributed by atoms with E-state index in [-0.39, 0.29) is 0 Å². The minimum absolute atomic E-state index is 0.521. The summed E-state index contributed by atoms with van der Waals surface area (Å²) in [6, 6.07) is 6.33. The van der Waals surface area contributed by atoms with E-state index in [1.54, 1.807) is 6.33 Å². The highest BCUT2D eigenvalue weighted by Gasteiger charge is 2.01. The van der Waals surface area contributed by atoms with Gasteiger partial charge in [-0.25, -0.2) is 4.98 Å². The van der Waals surface area contributed by atoms with Gasteiger partial charge in [-0.1, -0.05) is 28.9 Å². The molecule has 0 amide bonds. The number of aromatic amines is 1. The van der Waals surface area contributed by atoms with E-state index < -0.39 is 0 Å². The standard InChI is InChI=1S/C10H11BrN2/c1-7(11)4-8-2-3-9-10(5-8)13-6-12-9/h2-3,5-7H,4H2,1H3,(H,12,13). The molecule has 0 aliphatic carbocycles. The van der Waals surface area contributed by atoms with Crippen molar-refractivity contribution in [1.29, 1.82) is 0 Å². The SMILES string of the molecule is CC(Br)Cc1ccc2nc[nH]c2c1. The van der Waals surface area contributed by atoms with Crippen LogP contribution >= 0.6 is 15.9 Å². The van der Waals surface area contributed by atoms with Gasteiger partial charge in [-0.2, -0.15) is 0 Å². The number of benzene rings is 1. The van der Waals surface area contributed by atoms with Gasteiger partial charge in [0.2, 0.25) is 0 Å². The van der Waals surface area contributed by atoms with Crippen molar-refractivity contribution in [2.45, 2.75) is 18.2 Å². The molecule has 1 heterocycles. The number of alkyl halides is 1. The second-order valence-corrected chi connectivity index (χ2v) is 4.80. The third kappa shape index (κ3) is 1.91. The maximum absolute atomic E-state index is 4.17. The van der Waals surface area contributed by atoms with E-state index in [2.05, 4.69) is 51.0 Å². The van der Waals surface area contributed by atoms with Gasteiger partial charge in [-0.3, -0.25) is 0 Å². The van der Waals surface area contributed by atoms with Crippen molar-refractivity contribution in [1.82, 2.24) is 9.97 Å². The molecule has 0 saturated carbocycles. The molecule has 2 aromatic rings. The van der Waals surface area contributed by atoms with Crippen molar-refractivity contribution < 1.29 is 0 Å². The van der Waals surface area contributed by atoms with Gasteiger partial charge in [0, 0.05) is 4.83 Å². The summed E-state index contributed by atoms with van der Waals surface area (Å²) >= 11 is 3.54. The zero-order valence-electron chi connectivity index (χ0n) is 7.42. The van der Waals surface area contributed by atoms with Crippen LogP contribution in [-0.4, -0.2) is 14.8 Å². The van der Waals surface area contributed by atoms with Crippen LogP contribution in [0.25, 0.3) is 11.0 Å². The van der Waals surface area contributed by atoms with Gasteiger partial charge in [-0.05, 0) is 24.1 Å². The summed E-state index contributed by atoms with van der Waals surface area (Å²) in [7, 11) is 0. The van der Waals surface area contributed by atoms with Crippen LogP contribution in [0, 0.1) is 0 Å². The fourth-order valence-corrected chi connectivity index (χ4v) is 1.81. The first kappa shape index (κ1) is 8.75. The van der Waals surface area contributed by atoms with Crippen molar-refractivity contribution in [2.24, 2.45) is 0 Å². The Bertz CT molecular complexity index is 406. The molecule has 0 aliphatic rings. The summed E-state index contributed by atoms with van der Waals surface area (Å²) in [5.74, 6) is 0. The summed E-state index contributed by atoms with van der Waals surface area (Å²) in [5, 5.41) is 0. The second kappa shape index (κ2) is 3.50. The molecule has 68 valence electrons. The monoisotopic (exact) mass is 238 g/mol. The Labute approximate surface area is 85.5 Å². The Morgan fingerprint density at radius 3 is 3.15 bits per heavy atom.